The zero-order chi connectivity index (χ0) is 9.90. The first-order valence-corrected chi connectivity index (χ1v) is 6.34. The summed E-state index contributed by atoms with van der Waals surface area (Å²) in [6.07, 6.45) is 4.20. The van der Waals surface area contributed by atoms with Crippen LogP contribution in [0.25, 0.3) is 0 Å². The smallest absolute Gasteiger partial charge is 0.321 e. The minimum Gasteiger partial charge on any atom is -0.321 e. The van der Waals surface area contributed by atoms with Gasteiger partial charge in [-0.3, -0.25) is 4.57 Å². The highest BCUT2D eigenvalue weighted by molar-refractivity contribution is 7.56. The van der Waals surface area contributed by atoms with E-state index in [-0.39, 0.29) is 6.10 Å². The van der Waals surface area contributed by atoms with Gasteiger partial charge in [-0.15, -0.1) is 0 Å². The molecule has 76 valence electrons. The van der Waals surface area contributed by atoms with E-state index in [1.165, 1.54) is 6.42 Å². The zero-order valence-corrected chi connectivity index (χ0v) is 8.87. The maximum atomic E-state index is 11.2. The van der Waals surface area contributed by atoms with Crippen molar-refractivity contribution in [1.29, 1.82) is 0 Å². The van der Waals surface area contributed by atoms with Gasteiger partial charge < -0.3 is 9.42 Å². The molecule has 3 atom stereocenters. The topological polar surface area (TPSA) is 46.5 Å². The Morgan fingerprint density at radius 3 is 2.69 bits per heavy atom. The van der Waals surface area contributed by atoms with Gasteiger partial charge in [-0.05, 0) is 18.8 Å². The van der Waals surface area contributed by atoms with Gasteiger partial charge in [0.05, 0.1) is 6.10 Å². The molecule has 1 saturated carbocycles. The maximum absolute atomic E-state index is 11.2. The summed E-state index contributed by atoms with van der Waals surface area (Å²) in [5.74, 6) is 1.39. The molecule has 0 bridgehead atoms. The molecule has 3 nitrogen and oxygen atoms in total. The monoisotopic (exact) mass is 204 g/mol. The molecule has 3 unspecified atom stereocenters. The van der Waals surface area contributed by atoms with Crippen molar-refractivity contribution in [3.63, 3.8) is 0 Å². The van der Waals surface area contributed by atoms with Gasteiger partial charge in [0.15, 0.2) is 0 Å². The first-order chi connectivity index (χ1) is 6.05. The molecule has 0 spiro atoms. The molecule has 0 saturated heterocycles. The van der Waals surface area contributed by atoms with Crippen LogP contribution >= 0.6 is 7.60 Å². The van der Waals surface area contributed by atoms with E-state index >= 15 is 0 Å². The first kappa shape index (κ1) is 11.0. The lowest BCUT2D eigenvalue weighted by atomic mass is 9.88. The second kappa shape index (κ2) is 4.41. The molecule has 0 aliphatic heterocycles. The van der Waals surface area contributed by atoms with E-state index < -0.39 is 7.60 Å². The number of hydrogen-bond acceptors (Lipinski definition) is 2. The summed E-state index contributed by atoms with van der Waals surface area (Å²) in [5.41, 5.74) is 0. The molecular weight excluding hydrogens is 187 g/mol. The predicted octanol–water partition coefficient (Wildman–Crippen LogP) is 2.91. The van der Waals surface area contributed by atoms with Crippen molar-refractivity contribution in [2.75, 3.05) is 0 Å². The fourth-order valence-corrected chi connectivity index (χ4v) is 2.46. The van der Waals surface area contributed by atoms with E-state index in [1.54, 1.807) is 0 Å². The Bertz CT molecular complexity index is 227. The van der Waals surface area contributed by atoms with Crippen LogP contribution in [0.4, 0.5) is 0 Å². The average molecular weight is 204 g/mol. The van der Waals surface area contributed by atoms with Gasteiger partial charge in [0.2, 0.25) is 0 Å². The molecule has 1 fully saturated rings. The molecule has 0 aromatic rings. The SMILES string of the molecule is C=CP(=O)(O)OC1CCCCC1C. The summed E-state index contributed by atoms with van der Waals surface area (Å²) < 4.78 is 16.3. The lowest BCUT2D eigenvalue weighted by Gasteiger charge is -2.29. The highest BCUT2D eigenvalue weighted by Gasteiger charge is 2.27. The second-order valence-corrected chi connectivity index (χ2v) is 5.36. The minimum atomic E-state index is -3.52. The van der Waals surface area contributed by atoms with Crippen LogP contribution in [0.15, 0.2) is 12.4 Å². The van der Waals surface area contributed by atoms with E-state index in [9.17, 15) is 9.46 Å². The molecule has 0 radical (unpaired) electrons. The van der Waals surface area contributed by atoms with Crippen LogP contribution in [0.1, 0.15) is 32.6 Å². The maximum Gasteiger partial charge on any atom is 0.351 e. The molecule has 1 aliphatic carbocycles. The third kappa shape index (κ3) is 3.26. The Hall–Kier alpha value is -0.110. The largest absolute Gasteiger partial charge is 0.351 e. The first-order valence-electron chi connectivity index (χ1n) is 4.69. The third-order valence-electron chi connectivity index (χ3n) is 2.55. The van der Waals surface area contributed by atoms with Gasteiger partial charge >= 0.3 is 7.60 Å². The second-order valence-electron chi connectivity index (χ2n) is 3.65. The van der Waals surface area contributed by atoms with Crippen molar-refractivity contribution >= 4 is 7.60 Å². The molecule has 0 amide bonds. The normalized spacial score (nSPS) is 33.7. The minimum absolute atomic E-state index is 0.0671. The summed E-state index contributed by atoms with van der Waals surface area (Å²) >= 11 is 0. The van der Waals surface area contributed by atoms with Gasteiger partial charge in [0.1, 0.15) is 0 Å². The molecule has 13 heavy (non-hydrogen) atoms. The van der Waals surface area contributed by atoms with Crippen molar-refractivity contribution in [2.45, 2.75) is 38.7 Å². The fourth-order valence-electron chi connectivity index (χ4n) is 1.68. The van der Waals surface area contributed by atoms with Crippen LogP contribution in [0.3, 0.4) is 0 Å². The van der Waals surface area contributed by atoms with Crippen LogP contribution < -0.4 is 0 Å². The zero-order valence-electron chi connectivity index (χ0n) is 7.98. The van der Waals surface area contributed by atoms with Crippen LogP contribution in [-0.4, -0.2) is 11.0 Å². The van der Waals surface area contributed by atoms with Crippen LogP contribution in [0.2, 0.25) is 0 Å². The van der Waals surface area contributed by atoms with Gasteiger partial charge in [0, 0.05) is 5.82 Å². The lowest BCUT2D eigenvalue weighted by molar-refractivity contribution is 0.0921. The molecular formula is C9H17O3P. The van der Waals surface area contributed by atoms with Crippen LogP contribution in [0, 0.1) is 5.92 Å². The highest BCUT2D eigenvalue weighted by Crippen LogP contribution is 2.47. The summed E-state index contributed by atoms with van der Waals surface area (Å²) in [5, 5.41) is 0. The van der Waals surface area contributed by atoms with Gasteiger partial charge in [-0.2, -0.15) is 0 Å². The Kier molecular flexibility index (Phi) is 3.72. The van der Waals surface area contributed by atoms with Crippen LogP contribution in [0.5, 0.6) is 0 Å². The number of rotatable bonds is 3. The lowest BCUT2D eigenvalue weighted by Crippen LogP contribution is -2.24. The predicted molar refractivity (Wildman–Crippen MR) is 52.5 cm³/mol. The van der Waals surface area contributed by atoms with Crippen molar-refractivity contribution in [3.05, 3.63) is 12.4 Å². The van der Waals surface area contributed by atoms with Gasteiger partial charge in [0.25, 0.3) is 0 Å². The highest BCUT2D eigenvalue weighted by atomic mass is 31.2. The Morgan fingerprint density at radius 1 is 1.54 bits per heavy atom. The molecule has 1 aliphatic rings. The fraction of sp³-hybridized carbons (Fsp3) is 0.778. The quantitative estimate of drug-likeness (QED) is 0.719. The third-order valence-corrected chi connectivity index (χ3v) is 3.58. The van der Waals surface area contributed by atoms with E-state index in [0.29, 0.717) is 5.92 Å². The summed E-state index contributed by atoms with van der Waals surface area (Å²) in [4.78, 5) is 9.21. The van der Waals surface area contributed by atoms with Gasteiger partial charge in [-0.1, -0.05) is 26.3 Å². The molecule has 0 aromatic carbocycles. The van der Waals surface area contributed by atoms with Crippen LogP contribution in [-0.2, 0) is 9.09 Å². The van der Waals surface area contributed by atoms with E-state index in [2.05, 4.69) is 13.5 Å². The van der Waals surface area contributed by atoms with E-state index in [4.69, 9.17) is 4.52 Å². The summed E-state index contributed by atoms with van der Waals surface area (Å²) in [6, 6.07) is 0. The van der Waals surface area contributed by atoms with E-state index in [1.807, 2.05) is 0 Å². The van der Waals surface area contributed by atoms with Crippen molar-refractivity contribution in [1.82, 2.24) is 0 Å². The standard InChI is InChI=1S/C9H17O3P/c1-3-13(10,11)12-9-7-5-4-6-8(9)2/h3,8-9H,1,4-7H2,2H3,(H,10,11). The van der Waals surface area contributed by atoms with Crippen molar-refractivity contribution in [2.24, 2.45) is 5.92 Å². The average Bonchev–Trinajstić information content (AvgIpc) is 2.09. The Labute approximate surface area is 79.3 Å². The molecule has 1 rings (SSSR count). The van der Waals surface area contributed by atoms with E-state index in [0.717, 1.165) is 25.1 Å². The molecule has 1 N–H and O–H groups in total. The molecule has 0 heterocycles. The molecule has 4 heteroatoms. The summed E-state index contributed by atoms with van der Waals surface area (Å²) in [6.45, 7) is 5.35. The number of hydrogen-bond donors (Lipinski definition) is 1. The Balaban J connectivity index is 2.51. The molecule has 0 aromatic heterocycles. The Morgan fingerprint density at radius 2 is 2.15 bits per heavy atom. The van der Waals surface area contributed by atoms with Crippen molar-refractivity contribution in [3.8, 4) is 0 Å². The summed E-state index contributed by atoms with van der Waals surface area (Å²) in [7, 11) is -3.52. The van der Waals surface area contributed by atoms with Gasteiger partial charge in [-0.25, -0.2) is 0 Å². The van der Waals surface area contributed by atoms with Crippen molar-refractivity contribution < 1.29 is 14.0 Å².